The number of phenols is 1. The highest BCUT2D eigenvalue weighted by Crippen LogP contribution is 2.28. The smallest absolute Gasteiger partial charge is 0.303 e. The van der Waals surface area contributed by atoms with Crippen LogP contribution in [0.2, 0.25) is 0 Å². The second-order valence-electron chi connectivity index (χ2n) is 5.71. The zero-order valence-electron chi connectivity index (χ0n) is 13.3. The van der Waals surface area contributed by atoms with Gasteiger partial charge in [0, 0.05) is 24.4 Å². The van der Waals surface area contributed by atoms with Crippen LogP contribution in [0.15, 0.2) is 29.1 Å². The molecule has 0 saturated carbocycles. The zero-order chi connectivity index (χ0) is 17.5. The number of carbonyl (C=O) groups is 1. The van der Waals surface area contributed by atoms with Crippen molar-refractivity contribution in [1.29, 1.82) is 0 Å². The molecule has 0 aliphatic rings. The van der Waals surface area contributed by atoms with Crippen LogP contribution in [0.4, 0.5) is 0 Å². The van der Waals surface area contributed by atoms with Crippen LogP contribution >= 0.6 is 0 Å². The van der Waals surface area contributed by atoms with Crippen molar-refractivity contribution in [2.45, 2.75) is 31.8 Å². The maximum Gasteiger partial charge on any atom is 0.303 e. The summed E-state index contributed by atoms with van der Waals surface area (Å²) < 4.78 is 0. The fourth-order valence-electron chi connectivity index (χ4n) is 2.60. The van der Waals surface area contributed by atoms with Gasteiger partial charge < -0.3 is 25.6 Å². The Labute approximate surface area is 139 Å². The quantitative estimate of drug-likeness (QED) is 0.443. The Balaban J connectivity index is 1.90. The van der Waals surface area contributed by atoms with E-state index in [1.54, 1.807) is 12.1 Å². The molecule has 0 bridgehead atoms. The molecule has 0 aliphatic heterocycles. The number of benzene rings is 1. The molecule has 1 atom stereocenters. The number of phenolic OH excluding ortho intramolecular Hbond substituents is 1. The highest BCUT2D eigenvalue weighted by Gasteiger charge is 2.13. The molecule has 1 heterocycles. The van der Waals surface area contributed by atoms with Crippen LogP contribution in [0.25, 0.3) is 10.9 Å². The monoisotopic (exact) mass is 334 g/mol. The number of H-pyrrole nitrogens is 1. The van der Waals surface area contributed by atoms with Gasteiger partial charge in [-0.3, -0.25) is 9.59 Å². The summed E-state index contributed by atoms with van der Waals surface area (Å²) in [4.78, 5) is 24.3. The van der Waals surface area contributed by atoms with Crippen LogP contribution in [0, 0.1) is 0 Å². The molecule has 2 rings (SSSR count). The summed E-state index contributed by atoms with van der Waals surface area (Å²) in [5.74, 6) is -0.819. The molecule has 0 unspecified atom stereocenters. The fourth-order valence-corrected chi connectivity index (χ4v) is 2.60. The predicted molar refractivity (Wildman–Crippen MR) is 90.2 cm³/mol. The van der Waals surface area contributed by atoms with Crippen molar-refractivity contribution in [1.82, 2.24) is 10.3 Å². The number of aromatic nitrogens is 1. The molecule has 0 aliphatic carbocycles. The summed E-state index contributed by atoms with van der Waals surface area (Å²) in [7, 11) is 0. The van der Waals surface area contributed by atoms with E-state index in [9.17, 15) is 19.8 Å². The Hall–Kier alpha value is -2.38. The molecule has 0 spiro atoms. The second-order valence-corrected chi connectivity index (χ2v) is 5.71. The van der Waals surface area contributed by atoms with Crippen LogP contribution < -0.4 is 10.9 Å². The lowest BCUT2D eigenvalue weighted by molar-refractivity contribution is -0.137. The first kappa shape index (κ1) is 18.0. The van der Waals surface area contributed by atoms with Crippen LogP contribution in [0.3, 0.4) is 0 Å². The molecular formula is C17H22N2O5. The standard InChI is InChI=1S/C17H22N2O5/c20-13-7-5-11(12-6-8-15(22)19-17(12)13)14(21)10-18-9-3-1-2-4-16(23)24/h5-8,14,18,20-21H,1-4,9-10H2,(H,19,22)(H,23,24)/t14-/m1/s1. The first-order chi connectivity index (χ1) is 11.5. The van der Waals surface area contributed by atoms with Crippen molar-refractivity contribution >= 4 is 16.9 Å². The molecule has 0 amide bonds. The largest absolute Gasteiger partial charge is 0.506 e. The van der Waals surface area contributed by atoms with Gasteiger partial charge in [-0.05, 0) is 37.1 Å². The lowest BCUT2D eigenvalue weighted by atomic mass is 10.0. The third-order valence-electron chi connectivity index (χ3n) is 3.85. The third-order valence-corrected chi connectivity index (χ3v) is 3.85. The van der Waals surface area contributed by atoms with Gasteiger partial charge in [-0.15, -0.1) is 0 Å². The van der Waals surface area contributed by atoms with Crippen LogP contribution in [-0.2, 0) is 4.79 Å². The summed E-state index contributed by atoms with van der Waals surface area (Å²) in [5.41, 5.74) is 0.620. The number of aromatic amines is 1. The van der Waals surface area contributed by atoms with E-state index in [0.29, 0.717) is 36.0 Å². The summed E-state index contributed by atoms with van der Waals surface area (Å²) in [6, 6.07) is 6.02. The van der Waals surface area contributed by atoms with Gasteiger partial charge in [0.25, 0.3) is 0 Å². The molecule has 2 aromatic rings. The van der Waals surface area contributed by atoms with Crippen molar-refractivity contribution in [3.8, 4) is 5.75 Å². The number of hydrogen-bond acceptors (Lipinski definition) is 5. The Kier molecular flexibility index (Phi) is 6.34. The van der Waals surface area contributed by atoms with Gasteiger partial charge in [-0.25, -0.2) is 0 Å². The summed E-state index contributed by atoms with van der Waals surface area (Å²) in [5, 5.41) is 32.5. The summed E-state index contributed by atoms with van der Waals surface area (Å²) in [6.07, 6.45) is 1.70. The van der Waals surface area contributed by atoms with E-state index in [4.69, 9.17) is 5.11 Å². The Bertz CT molecular complexity index is 756. The molecule has 130 valence electrons. The first-order valence-electron chi connectivity index (χ1n) is 7.94. The van der Waals surface area contributed by atoms with Crippen LogP contribution in [-0.4, -0.2) is 39.4 Å². The normalized spacial score (nSPS) is 12.4. The third kappa shape index (κ3) is 4.81. The van der Waals surface area contributed by atoms with E-state index in [0.717, 1.165) is 12.8 Å². The zero-order valence-corrected chi connectivity index (χ0v) is 13.3. The molecule has 1 aromatic heterocycles. The molecule has 5 N–H and O–H groups in total. The molecule has 24 heavy (non-hydrogen) atoms. The fraction of sp³-hybridized carbons (Fsp3) is 0.412. The van der Waals surface area contributed by atoms with E-state index in [1.165, 1.54) is 12.1 Å². The average Bonchev–Trinajstić information content (AvgIpc) is 2.54. The Morgan fingerprint density at radius 3 is 2.71 bits per heavy atom. The number of hydrogen-bond donors (Lipinski definition) is 5. The molecule has 7 heteroatoms. The van der Waals surface area contributed by atoms with Gasteiger partial charge in [0.2, 0.25) is 5.56 Å². The number of carboxylic acid groups (broad SMARTS) is 1. The highest BCUT2D eigenvalue weighted by atomic mass is 16.4. The molecular weight excluding hydrogens is 312 g/mol. The van der Waals surface area contributed by atoms with E-state index >= 15 is 0 Å². The molecule has 0 saturated heterocycles. The minimum absolute atomic E-state index is 0.0370. The number of aliphatic hydroxyl groups is 1. The topological polar surface area (TPSA) is 123 Å². The number of unbranched alkanes of at least 4 members (excludes halogenated alkanes) is 2. The van der Waals surface area contributed by atoms with Gasteiger partial charge in [0.1, 0.15) is 5.75 Å². The van der Waals surface area contributed by atoms with Gasteiger partial charge in [0.15, 0.2) is 0 Å². The maximum absolute atomic E-state index is 11.4. The molecule has 1 aromatic carbocycles. The van der Waals surface area contributed by atoms with Crippen molar-refractivity contribution in [3.05, 3.63) is 40.2 Å². The van der Waals surface area contributed by atoms with Gasteiger partial charge in [0.05, 0.1) is 11.6 Å². The number of aromatic hydroxyl groups is 1. The summed E-state index contributed by atoms with van der Waals surface area (Å²) >= 11 is 0. The number of fused-ring (bicyclic) bond motifs is 1. The van der Waals surface area contributed by atoms with E-state index in [1.807, 2.05) is 0 Å². The number of carboxylic acids is 1. The van der Waals surface area contributed by atoms with Crippen molar-refractivity contribution in [2.75, 3.05) is 13.1 Å². The van der Waals surface area contributed by atoms with E-state index in [2.05, 4.69) is 10.3 Å². The Morgan fingerprint density at radius 1 is 1.17 bits per heavy atom. The number of nitrogens with one attached hydrogen (secondary N) is 2. The predicted octanol–water partition coefficient (Wildman–Crippen LogP) is 1.50. The highest BCUT2D eigenvalue weighted by molar-refractivity contribution is 5.87. The summed E-state index contributed by atoms with van der Waals surface area (Å²) in [6.45, 7) is 1.02. The van der Waals surface area contributed by atoms with Crippen molar-refractivity contribution in [3.63, 3.8) is 0 Å². The van der Waals surface area contributed by atoms with Crippen LogP contribution in [0.5, 0.6) is 5.75 Å². The molecule has 0 radical (unpaired) electrons. The van der Waals surface area contributed by atoms with Gasteiger partial charge in [-0.1, -0.05) is 12.5 Å². The number of aliphatic hydroxyl groups excluding tert-OH is 1. The van der Waals surface area contributed by atoms with E-state index < -0.39 is 12.1 Å². The van der Waals surface area contributed by atoms with Crippen LogP contribution in [0.1, 0.15) is 37.4 Å². The molecule has 7 nitrogen and oxygen atoms in total. The van der Waals surface area contributed by atoms with Gasteiger partial charge >= 0.3 is 5.97 Å². The second kappa shape index (κ2) is 8.47. The SMILES string of the molecule is O=C(O)CCCCCNC[C@@H](O)c1ccc(O)c2[nH]c(=O)ccc12. The number of rotatable bonds is 9. The lowest BCUT2D eigenvalue weighted by Crippen LogP contribution is -2.22. The van der Waals surface area contributed by atoms with Crippen molar-refractivity contribution in [2.24, 2.45) is 0 Å². The maximum atomic E-state index is 11.4. The average molecular weight is 334 g/mol. The minimum atomic E-state index is -0.782. The van der Waals surface area contributed by atoms with Crippen molar-refractivity contribution < 1.29 is 20.1 Å². The minimum Gasteiger partial charge on any atom is -0.506 e. The number of aliphatic carboxylic acids is 1. The van der Waals surface area contributed by atoms with Gasteiger partial charge in [-0.2, -0.15) is 0 Å². The Morgan fingerprint density at radius 2 is 1.96 bits per heavy atom. The first-order valence-corrected chi connectivity index (χ1v) is 7.94. The number of pyridine rings is 1. The van der Waals surface area contributed by atoms with E-state index in [-0.39, 0.29) is 17.7 Å². The molecule has 0 fully saturated rings. The lowest BCUT2D eigenvalue weighted by Gasteiger charge is -2.15.